The second-order valence-corrected chi connectivity index (χ2v) is 18.3. The van der Waals surface area contributed by atoms with E-state index in [1.807, 2.05) is 35.9 Å². The molecule has 2 unspecified atom stereocenters. The van der Waals surface area contributed by atoms with Crippen LogP contribution in [0.5, 0.6) is 5.75 Å². The van der Waals surface area contributed by atoms with Gasteiger partial charge in [0, 0.05) is 56.9 Å². The molecule has 5 N–H and O–H groups in total. The van der Waals surface area contributed by atoms with Crippen LogP contribution in [0.3, 0.4) is 0 Å². The highest BCUT2D eigenvalue weighted by molar-refractivity contribution is 6.07. The van der Waals surface area contributed by atoms with Gasteiger partial charge in [-0.3, -0.25) is 14.9 Å². The van der Waals surface area contributed by atoms with Gasteiger partial charge in [0.15, 0.2) is 0 Å². The molecule has 4 aliphatic rings. The van der Waals surface area contributed by atoms with Crippen molar-refractivity contribution in [3.8, 4) is 28.1 Å². The molecule has 7 atom stereocenters. The fourth-order valence-electron chi connectivity index (χ4n) is 10.4. The van der Waals surface area contributed by atoms with Crippen LogP contribution in [0.25, 0.3) is 44.2 Å². The van der Waals surface area contributed by atoms with Crippen LogP contribution >= 0.6 is 0 Å². The largest absolute Gasteiger partial charge is 0.488 e. The van der Waals surface area contributed by atoms with Gasteiger partial charge < -0.3 is 53.9 Å². The van der Waals surface area contributed by atoms with Gasteiger partial charge in [-0.05, 0) is 97.2 Å². The predicted octanol–water partition coefficient (Wildman–Crippen LogP) is 5.94. The third-order valence-electron chi connectivity index (χ3n) is 13.8. The van der Waals surface area contributed by atoms with Crippen molar-refractivity contribution in [2.75, 3.05) is 47.7 Å². The van der Waals surface area contributed by atoms with E-state index in [1.165, 1.54) is 14.2 Å². The van der Waals surface area contributed by atoms with E-state index in [4.69, 9.17) is 33.7 Å². The summed E-state index contributed by atoms with van der Waals surface area (Å²) in [5.41, 5.74) is 6.56. The van der Waals surface area contributed by atoms with E-state index < -0.39 is 24.6 Å². The molecule has 3 amide bonds. The molecule has 2 aromatic heterocycles. The van der Waals surface area contributed by atoms with Crippen LogP contribution in [0.4, 0.5) is 4.79 Å². The Labute approximate surface area is 377 Å². The zero-order valence-electron chi connectivity index (χ0n) is 37.9. The van der Waals surface area contributed by atoms with E-state index in [1.54, 1.807) is 7.11 Å². The highest BCUT2D eigenvalue weighted by Gasteiger charge is 2.44. The first kappa shape index (κ1) is 44.6. The molecule has 3 saturated heterocycles. The summed E-state index contributed by atoms with van der Waals surface area (Å²) in [4.78, 5) is 61.6. The fraction of sp³-hybridized carbons (Fsp3) is 0.521. The van der Waals surface area contributed by atoms with Gasteiger partial charge in [-0.1, -0.05) is 32.0 Å². The average molecular weight is 893 g/mol. The van der Waals surface area contributed by atoms with Crippen molar-refractivity contribution in [3.05, 3.63) is 65.9 Å². The fourth-order valence-corrected chi connectivity index (χ4v) is 10.4. The Morgan fingerprint density at radius 2 is 1.77 bits per heavy atom. The van der Waals surface area contributed by atoms with Crippen molar-refractivity contribution < 1.29 is 43.2 Å². The third-order valence-corrected chi connectivity index (χ3v) is 13.8. The van der Waals surface area contributed by atoms with Gasteiger partial charge in [0.2, 0.25) is 18.2 Å². The van der Waals surface area contributed by atoms with E-state index in [-0.39, 0.29) is 47.7 Å². The molecule has 3 aromatic carbocycles. The second-order valence-electron chi connectivity index (χ2n) is 18.3. The zero-order valence-corrected chi connectivity index (χ0v) is 37.9. The Balaban J connectivity index is 0.965. The minimum absolute atomic E-state index is 0.00258. The molecule has 0 bridgehead atoms. The Kier molecular flexibility index (Phi) is 12.8. The number of hydrogen-bond donors (Lipinski definition) is 5. The number of aromatic amines is 2. The van der Waals surface area contributed by atoms with Crippen molar-refractivity contribution in [2.45, 2.75) is 96.1 Å². The molecule has 9 rings (SSSR count). The first-order valence-electron chi connectivity index (χ1n) is 22.7. The molecule has 0 radical (unpaired) electrons. The summed E-state index contributed by atoms with van der Waals surface area (Å²) in [5.74, 6) is 1.87. The number of likely N-dealkylation sites (tertiary alicyclic amines) is 2. The van der Waals surface area contributed by atoms with Crippen LogP contribution in [0, 0.1) is 17.8 Å². The number of benzene rings is 3. The number of fused-ring (bicyclic) bond motifs is 6. The number of aliphatic hydroxyl groups is 1. The van der Waals surface area contributed by atoms with Crippen LogP contribution in [-0.4, -0.2) is 125 Å². The summed E-state index contributed by atoms with van der Waals surface area (Å²) in [6, 6.07) is 12.7. The number of hydrogen-bond acceptors (Lipinski definition) is 12. The first-order valence-corrected chi connectivity index (χ1v) is 22.7. The predicted molar refractivity (Wildman–Crippen MR) is 241 cm³/mol. The van der Waals surface area contributed by atoms with Gasteiger partial charge in [0.25, 0.3) is 0 Å². The maximum atomic E-state index is 14.4. The molecule has 0 saturated carbocycles. The molecule has 0 aliphatic carbocycles. The lowest BCUT2D eigenvalue weighted by molar-refractivity contribution is -0.146. The van der Waals surface area contributed by atoms with Crippen molar-refractivity contribution in [3.63, 3.8) is 0 Å². The third kappa shape index (κ3) is 8.67. The Bertz CT molecular complexity index is 2550. The maximum Gasteiger partial charge on any atom is 0.407 e. The number of nitrogens with zero attached hydrogens (tertiary/aromatic N) is 4. The van der Waals surface area contributed by atoms with Gasteiger partial charge in [-0.2, -0.15) is 0 Å². The van der Waals surface area contributed by atoms with Crippen molar-refractivity contribution >= 4 is 39.7 Å². The molecular weight excluding hydrogens is 833 g/mol. The quantitative estimate of drug-likeness (QED) is 0.0872. The highest BCUT2D eigenvalue weighted by Crippen LogP contribution is 2.44. The molecule has 65 heavy (non-hydrogen) atoms. The van der Waals surface area contributed by atoms with Crippen LogP contribution in [-0.2, 0) is 35.1 Å². The minimum atomic E-state index is -1.25. The van der Waals surface area contributed by atoms with Gasteiger partial charge in [0.05, 0.1) is 54.8 Å². The monoisotopic (exact) mass is 892 g/mol. The van der Waals surface area contributed by atoms with E-state index in [9.17, 15) is 19.5 Å². The molecule has 0 spiro atoms. The number of amides is 3. The summed E-state index contributed by atoms with van der Waals surface area (Å²) in [6.07, 6.45) is 3.51. The molecule has 6 heterocycles. The van der Waals surface area contributed by atoms with Crippen molar-refractivity contribution in [1.82, 2.24) is 40.4 Å². The van der Waals surface area contributed by atoms with Crippen LogP contribution in [0.15, 0.2) is 48.7 Å². The summed E-state index contributed by atoms with van der Waals surface area (Å²) < 4.78 is 27.5. The SMILES string of the molecule is COCC1C[C@@H](c2ncc(-c3ccc4c(c3)COc3cc5c(ccc6nc([C@@H]7CC[C@H](C)N7C(=O)[C@@H](NC(O)OC)C(C)C)[nH]c65)cc3-4)[nH]2)N(C(=O)[C@@H](NC(=O)OC)C2CCOCC2)C1. The van der Waals surface area contributed by atoms with Gasteiger partial charge in [-0.25, -0.2) is 14.8 Å². The number of rotatable bonds is 13. The van der Waals surface area contributed by atoms with E-state index >= 15 is 0 Å². The molecular formula is C48H60N8O9. The smallest absolute Gasteiger partial charge is 0.407 e. The Morgan fingerprint density at radius 1 is 0.954 bits per heavy atom. The molecule has 17 nitrogen and oxygen atoms in total. The molecule has 3 fully saturated rings. The lowest BCUT2D eigenvalue weighted by atomic mass is 9.90. The highest BCUT2D eigenvalue weighted by atomic mass is 16.6. The van der Waals surface area contributed by atoms with E-state index in [2.05, 4.69) is 63.9 Å². The Morgan fingerprint density at radius 3 is 2.52 bits per heavy atom. The number of aliphatic hydroxyl groups excluding tert-OH is 1. The Hall–Kier alpha value is -5.59. The van der Waals surface area contributed by atoms with E-state index in [0.29, 0.717) is 58.1 Å². The lowest BCUT2D eigenvalue weighted by Crippen LogP contribution is -2.54. The summed E-state index contributed by atoms with van der Waals surface area (Å²) >= 11 is 0. The summed E-state index contributed by atoms with van der Waals surface area (Å²) in [6.45, 7) is 8.37. The number of H-pyrrole nitrogens is 2. The number of imidazole rings is 2. The zero-order chi connectivity index (χ0) is 45.5. The summed E-state index contributed by atoms with van der Waals surface area (Å²) in [5, 5.41) is 18.0. The van der Waals surface area contributed by atoms with Crippen molar-refractivity contribution in [2.24, 2.45) is 17.8 Å². The standard InChI is InChI=1S/C48H60N8O9/c1-25(2)40(53-47(59)62-5)46(58)56-26(3)7-12-37(56)44-50-35-11-9-29-19-34-32-10-8-30(18-31(32)24-65-39(34)20-33(29)42(35)52-44)36-21-49-43(51-36)38-17-27(23-61-4)22-55(38)45(57)41(54-48(60)63-6)28-13-15-64-16-14-28/h8-11,18-21,25-28,37-38,40-41,47,53,59H,7,12-17,22-24H2,1-6H3,(H,49,51)(H,50,52)(H,54,60)/t26-,27?,37-,38-,40-,41-,47?/m0/s1. The number of ether oxygens (including phenoxy) is 5. The van der Waals surface area contributed by atoms with E-state index in [0.717, 1.165) is 74.2 Å². The topological polar surface area (TPSA) is 205 Å². The number of carbonyl (C=O) groups excluding carboxylic acids is 3. The normalized spacial score (nSPS) is 22.5. The van der Waals surface area contributed by atoms with Gasteiger partial charge in [-0.15, -0.1) is 0 Å². The molecule has 346 valence electrons. The number of alkyl carbamates (subject to hydrolysis) is 1. The summed E-state index contributed by atoms with van der Waals surface area (Å²) in [7, 11) is 4.36. The van der Waals surface area contributed by atoms with Crippen molar-refractivity contribution in [1.29, 1.82) is 0 Å². The number of aromatic nitrogens is 4. The number of nitrogens with one attached hydrogen (secondary N) is 4. The molecule has 17 heteroatoms. The van der Waals surface area contributed by atoms with Gasteiger partial charge in [0.1, 0.15) is 30.0 Å². The van der Waals surface area contributed by atoms with Crippen LogP contribution < -0.4 is 15.4 Å². The van der Waals surface area contributed by atoms with Gasteiger partial charge >= 0.3 is 6.09 Å². The second kappa shape index (κ2) is 18.7. The molecule has 5 aromatic rings. The first-order chi connectivity index (χ1) is 31.5. The van der Waals surface area contributed by atoms with Crippen LogP contribution in [0.2, 0.25) is 0 Å². The maximum absolute atomic E-state index is 14.4. The number of carbonyl (C=O) groups is 3. The molecule has 4 aliphatic heterocycles. The van der Waals surface area contributed by atoms with Crippen LogP contribution in [0.1, 0.15) is 82.2 Å². The average Bonchev–Trinajstić information content (AvgIpc) is 4.15. The lowest BCUT2D eigenvalue weighted by Gasteiger charge is -2.34. The minimum Gasteiger partial charge on any atom is -0.488 e. The number of methoxy groups -OCH3 is 3.